The van der Waals surface area contributed by atoms with Gasteiger partial charge in [-0.05, 0) is 24.1 Å². The van der Waals surface area contributed by atoms with Crippen LogP contribution in [-0.2, 0) is 17.5 Å². The molecule has 4 nitrogen and oxygen atoms in total. The minimum absolute atomic E-state index is 0.0427. The van der Waals surface area contributed by atoms with Crippen molar-refractivity contribution in [2.24, 2.45) is 5.73 Å². The lowest BCUT2D eigenvalue weighted by atomic mass is 10.0. The Morgan fingerprint density at radius 2 is 2.14 bits per heavy atom. The Labute approximate surface area is 121 Å². The van der Waals surface area contributed by atoms with E-state index in [4.69, 9.17) is 5.73 Å². The number of nitrogens with one attached hydrogen (secondary N) is 1. The van der Waals surface area contributed by atoms with E-state index in [1.54, 1.807) is 13.0 Å². The van der Waals surface area contributed by atoms with Gasteiger partial charge in [-0.15, -0.1) is 0 Å². The Bertz CT molecular complexity index is 531. The quantitative estimate of drug-likeness (QED) is 0.896. The van der Waals surface area contributed by atoms with Gasteiger partial charge in [0, 0.05) is 25.3 Å². The SMILES string of the molecule is CCC1C(=O)NCCN1c1ccc(CN)cc1C(F)(F)F. The van der Waals surface area contributed by atoms with E-state index < -0.39 is 17.8 Å². The van der Waals surface area contributed by atoms with Crippen LogP contribution in [0.15, 0.2) is 18.2 Å². The summed E-state index contributed by atoms with van der Waals surface area (Å²) in [5.74, 6) is -0.236. The second-order valence-corrected chi connectivity index (χ2v) is 4.96. The van der Waals surface area contributed by atoms with E-state index in [-0.39, 0.29) is 18.1 Å². The van der Waals surface area contributed by atoms with Crippen LogP contribution in [0.3, 0.4) is 0 Å². The molecule has 1 heterocycles. The van der Waals surface area contributed by atoms with Crippen molar-refractivity contribution in [2.45, 2.75) is 32.1 Å². The highest BCUT2D eigenvalue weighted by Gasteiger charge is 2.38. The van der Waals surface area contributed by atoms with E-state index in [9.17, 15) is 18.0 Å². The number of piperazine rings is 1. The lowest BCUT2D eigenvalue weighted by molar-refractivity contribution is -0.137. The van der Waals surface area contributed by atoms with Crippen molar-refractivity contribution in [3.05, 3.63) is 29.3 Å². The van der Waals surface area contributed by atoms with Gasteiger partial charge in [-0.1, -0.05) is 13.0 Å². The number of hydrogen-bond acceptors (Lipinski definition) is 3. The van der Waals surface area contributed by atoms with Gasteiger partial charge in [0.05, 0.1) is 5.56 Å². The fourth-order valence-corrected chi connectivity index (χ4v) is 2.60. The molecule has 1 aliphatic heterocycles. The van der Waals surface area contributed by atoms with Gasteiger partial charge < -0.3 is 16.0 Å². The number of nitrogens with zero attached hydrogens (tertiary/aromatic N) is 1. The number of hydrogen-bond donors (Lipinski definition) is 2. The molecule has 3 N–H and O–H groups in total. The molecule has 1 aromatic rings. The molecule has 0 spiro atoms. The zero-order valence-electron chi connectivity index (χ0n) is 11.7. The maximum Gasteiger partial charge on any atom is 0.418 e. The van der Waals surface area contributed by atoms with E-state index in [2.05, 4.69) is 5.32 Å². The van der Waals surface area contributed by atoms with Crippen LogP contribution in [0.5, 0.6) is 0 Å². The molecule has 0 radical (unpaired) electrons. The van der Waals surface area contributed by atoms with Gasteiger partial charge in [0.1, 0.15) is 6.04 Å². The Kier molecular flexibility index (Phi) is 4.41. The van der Waals surface area contributed by atoms with Crippen molar-refractivity contribution in [1.82, 2.24) is 5.32 Å². The number of amides is 1. The summed E-state index contributed by atoms with van der Waals surface area (Å²) in [5, 5.41) is 2.68. The van der Waals surface area contributed by atoms with Gasteiger partial charge in [0.25, 0.3) is 0 Å². The third-order valence-electron chi connectivity index (χ3n) is 3.63. The topological polar surface area (TPSA) is 58.4 Å². The first kappa shape index (κ1) is 15.6. The molecule has 1 amide bonds. The summed E-state index contributed by atoms with van der Waals surface area (Å²) in [5.41, 5.74) is 5.14. The highest BCUT2D eigenvalue weighted by atomic mass is 19.4. The average molecular weight is 301 g/mol. The zero-order chi connectivity index (χ0) is 15.6. The van der Waals surface area contributed by atoms with E-state index in [1.165, 1.54) is 11.0 Å². The number of nitrogens with two attached hydrogens (primary N) is 1. The van der Waals surface area contributed by atoms with Crippen LogP contribution >= 0.6 is 0 Å². The lowest BCUT2D eigenvalue weighted by Gasteiger charge is -2.37. The van der Waals surface area contributed by atoms with Gasteiger partial charge in [-0.3, -0.25) is 4.79 Å². The van der Waals surface area contributed by atoms with Crippen molar-refractivity contribution in [1.29, 1.82) is 0 Å². The molecule has 0 aliphatic carbocycles. The number of alkyl halides is 3. The first-order valence-corrected chi connectivity index (χ1v) is 6.83. The summed E-state index contributed by atoms with van der Waals surface area (Å²) in [7, 11) is 0. The number of rotatable bonds is 3. The van der Waals surface area contributed by atoms with Crippen LogP contribution in [0.1, 0.15) is 24.5 Å². The Hall–Kier alpha value is -1.76. The molecule has 0 bridgehead atoms. The number of carbonyl (C=O) groups excluding carboxylic acids is 1. The van der Waals surface area contributed by atoms with Gasteiger partial charge in [0.15, 0.2) is 0 Å². The number of carbonyl (C=O) groups is 1. The molecule has 0 saturated carbocycles. The molecule has 1 unspecified atom stereocenters. The normalized spacial score (nSPS) is 19.6. The van der Waals surface area contributed by atoms with Crippen LogP contribution < -0.4 is 16.0 Å². The first-order chi connectivity index (χ1) is 9.88. The standard InChI is InChI=1S/C14H18F3N3O/c1-2-11-13(21)19-5-6-20(11)12-4-3-9(8-18)7-10(12)14(15,16)17/h3-4,7,11H,2,5-6,8,18H2,1H3,(H,19,21). The zero-order valence-corrected chi connectivity index (χ0v) is 11.7. The second kappa shape index (κ2) is 5.93. The Balaban J connectivity index is 2.49. The highest BCUT2D eigenvalue weighted by Crippen LogP contribution is 2.38. The summed E-state index contributed by atoms with van der Waals surface area (Å²) < 4.78 is 39.8. The summed E-state index contributed by atoms with van der Waals surface area (Å²) in [4.78, 5) is 13.4. The third-order valence-corrected chi connectivity index (χ3v) is 3.63. The largest absolute Gasteiger partial charge is 0.418 e. The second-order valence-electron chi connectivity index (χ2n) is 4.96. The number of anilines is 1. The van der Waals surface area contributed by atoms with E-state index >= 15 is 0 Å². The molecule has 1 atom stereocenters. The molecule has 7 heteroatoms. The minimum atomic E-state index is -4.48. The summed E-state index contributed by atoms with van der Waals surface area (Å²) >= 11 is 0. The summed E-state index contributed by atoms with van der Waals surface area (Å²) in [6, 6.07) is 3.47. The van der Waals surface area contributed by atoms with Crippen LogP contribution in [0.4, 0.5) is 18.9 Å². The number of benzene rings is 1. The van der Waals surface area contributed by atoms with Gasteiger partial charge in [-0.2, -0.15) is 13.2 Å². The maximum atomic E-state index is 13.3. The molecule has 116 valence electrons. The highest BCUT2D eigenvalue weighted by molar-refractivity contribution is 5.86. The molecule has 1 aliphatic rings. The molecule has 1 saturated heterocycles. The summed E-state index contributed by atoms with van der Waals surface area (Å²) in [6.45, 7) is 2.52. The van der Waals surface area contributed by atoms with Crippen molar-refractivity contribution < 1.29 is 18.0 Å². The number of halogens is 3. The van der Waals surface area contributed by atoms with Crippen LogP contribution in [0.25, 0.3) is 0 Å². The van der Waals surface area contributed by atoms with Crippen molar-refractivity contribution in [3.8, 4) is 0 Å². The fraction of sp³-hybridized carbons (Fsp3) is 0.500. The molecule has 2 rings (SSSR count). The average Bonchev–Trinajstić information content (AvgIpc) is 2.45. The van der Waals surface area contributed by atoms with E-state index in [0.717, 1.165) is 6.07 Å². The van der Waals surface area contributed by atoms with Crippen LogP contribution in [0, 0.1) is 0 Å². The van der Waals surface area contributed by atoms with E-state index in [0.29, 0.717) is 25.1 Å². The maximum absolute atomic E-state index is 13.3. The molecule has 1 fully saturated rings. The predicted octanol–water partition coefficient (Wildman–Crippen LogP) is 1.88. The minimum Gasteiger partial charge on any atom is -0.357 e. The van der Waals surface area contributed by atoms with Crippen LogP contribution in [-0.4, -0.2) is 25.0 Å². The van der Waals surface area contributed by atoms with E-state index in [1.807, 2.05) is 0 Å². The molecule has 21 heavy (non-hydrogen) atoms. The van der Waals surface area contributed by atoms with Crippen LogP contribution in [0.2, 0.25) is 0 Å². The Morgan fingerprint density at radius 3 is 2.71 bits per heavy atom. The lowest BCUT2D eigenvalue weighted by Crippen LogP contribution is -2.55. The fourth-order valence-electron chi connectivity index (χ4n) is 2.60. The monoisotopic (exact) mass is 301 g/mol. The molecular weight excluding hydrogens is 283 g/mol. The summed E-state index contributed by atoms with van der Waals surface area (Å²) in [6.07, 6.45) is -4.03. The van der Waals surface area contributed by atoms with Gasteiger partial charge in [0.2, 0.25) is 5.91 Å². The van der Waals surface area contributed by atoms with Crippen molar-refractivity contribution in [2.75, 3.05) is 18.0 Å². The first-order valence-electron chi connectivity index (χ1n) is 6.83. The molecule has 1 aromatic carbocycles. The predicted molar refractivity (Wildman–Crippen MR) is 73.8 cm³/mol. The third kappa shape index (κ3) is 3.12. The molecule has 0 aromatic heterocycles. The van der Waals surface area contributed by atoms with Crippen molar-refractivity contribution >= 4 is 11.6 Å². The molecular formula is C14H18F3N3O. The van der Waals surface area contributed by atoms with Gasteiger partial charge in [-0.25, -0.2) is 0 Å². The van der Waals surface area contributed by atoms with Gasteiger partial charge >= 0.3 is 6.18 Å². The van der Waals surface area contributed by atoms with Crippen molar-refractivity contribution in [3.63, 3.8) is 0 Å². The smallest absolute Gasteiger partial charge is 0.357 e. The Morgan fingerprint density at radius 1 is 1.43 bits per heavy atom.